The van der Waals surface area contributed by atoms with E-state index in [9.17, 15) is 26.4 Å². The second-order valence-electron chi connectivity index (χ2n) is 9.42. The molecular weight excluding hydrogens is 608 g/mol. The van der Waals surface area contributed by atoms with Crippen LogP contribution in [0.15, 0.2) is 14.5 Å². The Balaban J connectivity index is 2.12. The van der Waals surface area contributed by atoms with Gasteiger partial charge in [0.2, 0.25) is 11.8 Å². The molecule has 0 fully saturated rings. The van der Waals surface area contributed by atoms with Gasteiger partial charge in [-0.2, -0.15) is 0 Å². The lowest BCUT2D eigenvalue weighted by molar-refractivity contribution is -0.492. The number of nitrogens with one attached hydrogen (secondary N) is 1. The second-order valence-corrected chi connectivity index (χ2v) is 14.9. The first kappa shape index (κ1) is 35.4. The zero-order chi connectivity index (χ0) is 30.8. The minimum absolute atomic E-state index is 0.0118. The molecule has 2 atom stereocenters. The van der Waals surface area contributed by atoms with Crippen molar-refractivity contribution in [3.63, 3.8) is 0 Å². The van der Waals surface area contributed by atoms with Gasteiger partial charge >= 0.3 is 0 Å². The van der Waals surface area contributed by atoms with Crippen LogP contribution in [-0.2, 0) is 39.1 Å². The summed E-state index contributed by atoms with van der Waals surface area (Å²) in [4.78, 5) is 35.8. The van der Waals surface area contributed by atoms with E-state index in [1.165, 1.54) is 17.9 Å². The summed E-state index contributed by atoms with van der Waals surface area (Å²) < 4.78 is 53.7. The van der Waals surface area contributed by atoms with E-state index in [2.05, 4.69) is 9.68 Å². The Labute approximate surface area is 242 Å². The molecule has 0 saturated heterocycles. The Bertz CT molecular complexity index is 1220. The predicted molar refractivity (Wildman–Crippen MR) is 141 cm³/mol. The molecule has 0 aromatic carbocycles. The first-order valence-electron chi connectivity index (χ1n) is 13.0. The second kappa shape index (κ2) is 16.2. The topological polar surface area (TPSA) is 224 Å². The summed E-state index contributed by atoms with van der Waals surface area (Å²) in [6.07, 6.45) is 2.76. The maximum Gasteiger partial charge on any atom is 0.273 e. The van der Waals surface area contributed by atoms with Crippen LogP contribution >= 0.6 is 11.3 Å². The highest BCUT2D eigenvalue weighted by Gasteiger charge is 2.42. The van der Waals surface area contributed by atoms with Crippen molar-refractivity contribution in [2.75, 3.05) is 19.8 Å². The Hall–Kier alpha value is -1.78. The lowest BCUT2D eigenvalue weighted by atomic mass is 10.0. The summed E-state index contributed by atoms with van der Waals surface area (Å²) in [5.74, 6) is -1.01. The van der Waals surface area contributed by atoms with E-state index in [4.69, 9.17) is 20.8 Å². The normalized spacial score (nSPS) is 18.4. The maximum absolute atomic E-state index is 13.1. The molecule has 0 spiro atoms. The van der Waals surface area contributed by atoms with Crippen LogP contribution in [-0.4, -0.2) is 90.2 Å². The van der Waals surface area contributed by atoms with Crippen LogP contribution in [0, 0.1) is 0 Å². The zero-order valence-corrected chi connectivity index (χ0v) is 25.3. The molecule has 0 radical (unpaired) electrons. The van der Waals surface area contributed by atoms with Crippen LogP contribution in [0.3, 0.4) is 0 Å². The predicted octanol–water partition coefficient (Wildman–Crippen LogP) is 2.15. The van der Waals surface area contributed by atoms with Crippen LogP contribution in [0.25, 0.3) is 0 Å². The van der Waals surface area contributed by atoms with E-state index >= 15 is 0 Å². The number of unbranched alkanes of at least 4 members (excludes halogenated alkanes) is 4. The maximum atomic E-state index is 13.1. The van der Waals surface area contributed by atoms with Gasteiger partial charge in [-0.1, -0.05) is 12.8 Å². The summed E-state index contributed by atoms with van der Waals surface area (Å²) in [6, 6.07) is 0.549. The highest BCUT2D eigenvalue weighted by atomic mass is 32.3. The number of sulfonamides is 1. The van der Waals surface area contributed by atoms with Gasteiger partial charge in [0, 0.05) is 24.9 Å². The van der Waals surface area contributed by atoms with Gasteiger partial charge in [-0.15, -0.1) is 11.3 Å². The van der Waals surface area contributed by atoms with Crippen molar-refractivity contribution in [1.82, 2.24) is 20.4 Å². The van der Waals surface area contributed by atoms with Gasteiger partial charge in [0.05, 0.1) is 35.3 Å². The van der Waals surface area contributed by atoms with Gasteiger partial charge in [-0.25, -0.2) is 21.6 Å². The third-order valence-electron chi connectivity index (χ3n) is 6.45. The summed E-state index contributed by atoms with van der Waals surface area (Å²) in [5.41, 5.74) is 0.206. The average molecular weight is 647 g/mol. The zero-order valence-electron chi connectivity index (χ0n) is 22.8. The molecule has 1 aromatic rings. The van der Waals surface area contributed by atoms with E-state index in [0.717, 1.165) is 0 Å². The van der Waals surface area contributed by atoms with Gasteiger partial charge in [0.1, 0.15) is 8.42 Å². The molecular formula is C22H38N4O12S3. The van der Waals surface area contributed by atoms with E-state index in [1.807, 2.05) is 4.72 Å². The number of hydrogen-bond donors (Lipinski definition) is 5. The fourth-order valence-electron chi connectivity index (χ4n) is 4.38. The summed E-state index contributed by atoms with van der Waals surface area (Å²) in [7, 11) is -8.24. The molecule has 236 valence electrons. The number of carbonyl (C=O) groups is 2. The molecule has 0 bridgehead atoms. The first-order chi connectivity index (χ1) is 19.2. The summed E-state index contributed by atoms with van der Waals surface area (Å²) in [5, 5.41) is 32.3. The molecule has 1 aliphatic rings. The molecule has 2 heterocycles. The Morgan fingerprint density at radius 2 is 1.56 bits per heavy atom. The van der Waals surface area contributed by atoms with Gasteiger partial charge in [-0.05, 0) is 52.0 Å². The fraction of sp³-hybridized carbons (Fsp3) is 0.727. The largest absolute Gasteiger partial charge is 0.336 e. The van der Waals surface area contributed by atoms with Crippen molar-refractivity contribution in [2.24, 2.45) is 0 Å². The average Bonchev–Trinajstić information content (AvgIpc) is 3.34. The minimum Gasteiger partial charge on any atom is -0.336 e. The van der Waals surface area contributed by atoms with Crippen LogP contribution < -0.4 is 4.72 Å². The van der Waals surface area contributed by atoms with Crippen LogP contribution in [0.2, 0.25) is 0 Å². The number of amides is 2. The molecule has 19 heteroatoms. The smallest absolute Gasteiger partial charge is 0.273 e. The van der Waals surface area contributed by atoms with Gasteiger partial charge in [0.15, 0.2) is 9.84 Å². The van der Waals surface area contributed by atoms with Crippen molar-refractivity contribution in [3.8, 4) is 0 Å². The number of sulfone groups is 1. The minimum atomic E-state index is -4.38. The third kappa shape index (κ3) is 10.5. The molecule has 1 unspecified atom stereocenters. The number of nitrogens with zero attached hydrogens (tertiary/aromatic N) is 3. The Kier molecular flexibility index (Phi) is 14.0. The molecule has 1 aromatic heterocycles. The quantitative estimate of drug-likeness (QED) is 0.114. The Morgan fingerprint density at radius 1 is 1.00 bits per heavy atom. The molecule has 0 saturated carbocycles. The van der Waals surface area contributed by atoms with E-state index in [0.29, 0.717) is 49.9 Å². The lowest BCUT2D eigenvalue weighted by Gasteiger charge is -2.36. The molecule has 1 aliphatic heterocycles. The monoisotopic (exact) mass is 646 g/mol. The van der Waals surface area contributed by atoms with Crippen LogP contribution in [0.5, 0.6) is 0 Å². The van der Waals surface area contributed by atoms with E-state index in [1.54, 1.807) is 6.92 Å². The van der Waals surface area contributed by atoms with Gasteiger partial charge in [-0.3, -0.25) is 40.1 Å². The van der Waals surface area contributed by atoms with E-state index < -0.39 is 42.4 Å². The number of carbonyl (C=O) groups excluding carboxylic acids is 2. The van der Waals surface area contributed by atoms with Crippen molar-refractivity contribution < 1.29 is 56.9 Å². The fourth-order valence-corrected chi connectivity index (χ4v) is 9.37. The third-order valence-corrected chi connectivity index (χ3v) is 12.2. The Morgan fingerprint density at radius 3 is 2.10 bits per heavy atom. The molecule has 16 nitrogen and oxygen atoms in total. The molecule has 5 N–H and O–H groups in total. The molecule has 2 amide bonds. The van der Waals surface area contributed by atoms with Crippen molar-refractivity contribution in [3.05, 3.63) is 11.6 Å². The molecule has 2 rings (SSSR count). The number of fused-ring (bicyclic) bond motifs is 1. The standard InChI is InChI=1S/C22H38N4O12S3/c1-3-24(20(28)11-7-5-9-13-38-26(31)32)18-14-16(2)40(33,34)22-17(18)15-21(39-22)41(35,36)23-19(27)10-6-4-8-12-37-25(29)30/h15-16,18,29-32H,3-14H2,1-2H3,(H,23,27)/t16?,18-/m0/s1. The molecule has 41 heavy (non-hydrogen) atoms. The number of rotatable bonds is 18. The first-order valence-corrected chi connectivity index (χ1v) is 16.9. The summed E-state index contributed by atoms with van der Waals surface area (Å²) in [6.45, 7) is 3.55. The lowest BCUT2D eigenvalue weighted by Crippen LogP contribution is -2.40. The van der Waals surface area contributed by atoms with Crippen molar-refractivity contribution in [1.29, 1.82) is 0 Å². The van der Waals surface area contributed by atoms with Crippen molar-refractivity contribution >= 4 is 43.0 Å². The van der Waals surface area contributed by atoms with Crippen LogP contribution in [0.1, 0.15) is 83.2 Å². The molecule has 0 aliphatic carbocycles. The number of thiophene rings is 1. The highest BCUT2D eigenvalue weighted by Crippen LogP contribution is 2.45. The van der Waals surface area contributed by atoms with E-state index in [-0.39, 0.29) is 64.3 Å². The van der Waals surface area contributed by atoms with Crippen molar-refractivity contribution in [2.45, 2.75) is 91.3 Å². The van der Waals surface area contributed by atoms with Gasteiger partial charge < -0.3 is 4.90 Å². The van der Waals surface area contributed by atoms with Crippen LogP contribution in [0.4, 0.5) is 0 Å². The van der Waals surface area contributed by atoms with Gasteiger partial charge in [0.25, 0.3) is 10.0 Å². The highest BCUT2D eigenvalue weighted by molar-refractivity contribution is 7.95. The number of hydrogen-bond acceptors (Lipinski definition) is 15. The summed E-state index contributed by atoms with van der Waals surface area (Å²) >= 11 is 0.549. The SMILES string of the molecule is CCN(C(=O)CCCCCON(O)O)[C@H]1CC(C)S(=O)(=O)c2sc(S(=O)(=O)NC(=O)CCCCCON(O)O)cc21.